The van der Waals surface area contributed by atoms with Crippen LogP contribution in [0.15, 0.2) is 29.6 Å². The van der Waals surface area contributed by atoms with Crippen molar-refractivity contribution in [1.29, 1.82) is 0 Å². The second kappa shape index (κ2) is 6.54. The first-order valence-electron chi connectivity index (χ1n) is 7.42. The zero-order valence-corrected chi connectivity index (χ0v) is 14.1. The van der Waals surface area contributed by atoms with Crippen LogP contribution in [0.25, 0.3) is 21.3 Å². The highest BCUT2D eigenvalue weighted by Gasteiger charge is 2.21. The Balaban J connectivity index is 2.15. The van der Waals surface area contributed by atoms with Gasteiger partial charge < -0.3 is 15.5 Å². The maximum atomic E-state index is 11.2. The lowest BCUT2D eigenvalue weighted by molar-refractivity contribution is -0.138. The molecule has 2 aromatic heterocycles. The first-order valence-corrected chi connectivity index (χ1v) is 8.30. The van der Waals surface area contributed by atoms with Gasteiger partial charge in [-0.2, -0.15) is 0 Å². The lowest BCUT2D eigenvalue weighted by atomic mass is 10.0. The first kappa shape index (κ1) is 16.4. The molecule has 6 nitrogen and oxygen atoms in total. The summed E-state index contributed by atoms with van der Waals surface area (Å²) in [4.78, 5) is 20.8. The first-order chi connectivity index (χ1) is 11.5. The normalized spacial score (nSPS) is 12.3. The van der Waals surface area contributed by atoms with Crippen LogP contribution in [0.4, 0.5) is 5.82 Å². The number of thiophene rings is 1. The van der Waals surface area contributed by atoms with Crippen molar-refractivity contribution in [3.05, 3.63) is 41.0 Å². The molecule has 0 bridgehead atoms. The lowest BCUT2D eigenvalue weighted by Gasteiger charge is -2.14. The van der Waals surface area contributed by atoms with E-state index in [1.54, 1.807) is 6.92 Å². The van der Waals surface area contributed by atoms with E-state index in [2.05, 4.69) is 15.3 Å². The zero-order chi connectivity index (χ0) is 17.3. The van der Waals surface area contributed by atoms with Crippen molar-refractivity contribution in [3.8, 4) is 11.1 Å². The molecule has 1 aromatic carbocycles. The molecule has 124 valence electrons. The molecule has 7 heteroatoms. The molecule has 2 heterocycles. The predicted molar refractivity (Wildman–Crippen MR) is 94.5 cm³/mol. The van der Waals surface area contributed by atoms with Crippen LogP contribution < -0.4 is 5.32 Å². The number of aliphatic carboxylic acids is 1. The lowest BCUT2D eigenvalue weighted by Crippen LogP contribution is -2.33. The maximum Gasteiger partial charge on any atom is 0.328 e. The summed E-state index contributed by atoms with van der Waals surface area (Å²) in [6, 6.07) is 6.96. The summed E-state index contributed by atoms with van der Waals surface area (Å²) in [5.41, 5.74) is 3.12. The Kier molecular flexibility index (Phi) is 4.46. The number of rotatable bonds is 5. The van der Waals surface area contributed by atoms with Crippen LogP contribution in [0.2, 0.25) is 0 Å². The van der Waals surface area contributed by atoms with Crippen molar-refractivity contribution in [2.45, 2.75) is 19.9 Å². The van der Waals surface area contributed by atoms with Gasteiger partial charge in [0.1, 0.15) is 22.5 Å². The summed E-state index contributed by atoms with van der Waals surface area (Å²) in [5.74, 6) is -0.158. The van der Waals surface area contributed by atoms with E-state index in [4.69, 9.17) is 0 Å². The van der Waals surface area contributed by atoms with Crippen molar-refractivity contribution in [2.24, 2.45) is 0 Å². The molecular formula is C17H17N3O3S. The smallest absolute Gasteiger partial charge is 0.328 e. The third-order valence-electron chi connectivity index (χ3n) is 3.70. The minimum absolute atomic E-state index is 0.427. The number of aliphatic hydroxyl groups is 1. The van der Waals surface area contributed by atoms with E-state index in [0.717, 1.165) is 26.9 Å². The summed E-state index contributed by atoms with van der Waals surface area (Å²) >= 11 is 1.48. The van der Waals surface area contributed by atoms with Gasteiger partial charge >= 0.3 is 5.97 Å². The molecule has 0 amide bonds. The topological polar surface area (TPSA) is 95.3 Å². The maximum absolute atomic E-state index is 11.2. The van der Waals surface area contributed by atoms with Crippen LogP contribution in [0.1, 0.15) is 11.4 Å². The van der Waals surface area contributed by atoms with E-state index in [-0.39, 0.29) is 0 Å². The van der Waals surface area contributed by atoms with E-state index >= 15 is 0 Å². The average Bonchev–Trinajstić information content (AvgIpc) is 2.96. The number of fused-ring (bicyclic) bond motifs is 1. The van der Waals surface area contributed by atoms with Gasteiger partial charge in [-0.05, 0) is 19.4 Å². The number of anilines is 1. The number of aryl methyl sites for hydroxylation is 2. The fourth-order valence-corrected chi connectivity index (χ4v) is 3.44. The number of carbonyl (C=O) groups is 1. The number of carboxylic acids is 1. The Morgan fingerprint density at radius 2 is 1.96 bits per heavy atom. The Morgan fingerprint density at radius 3 is 2.58 bits per heavy atom. The molecule has 0 fully saturated rings. The molecule has 3 aromatic rings. The van der Waals surface area contributed by atoms with Crippen LogP contribution in [0.5, 0.6) is 0 Å². The van der Waals surface area contributed by atoms with Crippen molar-refractivity contribution in [3.63, 3.8) is 0 Å². The van der Waals surface area contributed by atoms with Crippen LogP contribution in [0.3, 0.4) is 0 Å². The van der Waals surface area contributed by atoms with Gasteiger partial charge in [0, 0.05) is 10.9 Å². The van der Waals surface area contributed by atoms with Gasteiger partial charge in [-0.3, -0.25) is 0 Å². The number of benzene rings is 1. The number of hydrogen-bond donors (Lipinski definition) is 3. The molecule has 0 radical (unpaired) electrons. The van der Waals surface area contributed by atoms with E-state index < -0.39 is 18.6 Å². The molecule has 0 saturated carbocycles. The minimum Gasteiger partial charge on any atom is -0.480 e. The van der Waals surface area contributed by atoms with Crippen LogP contribution in [-0.2, 0) is 4.79 Å². The Labute approximate surface area is 142 Å². The van der Waals surface area contributed by atoms with Gasteiger partial charge in [0.25, 0.3) is 0 Å². The Bertz CT molecular complexity index is 890. The van der Waals surface area contributed by atoms with Gasteiger partial charge in [0.15, 0.2) is 0 Å². The fourth-order valence-electron chi connectivity index (χ4n) is 2.45. The molecule has 1 unspecified atom stereocenters. The highest BCUT2D eigenvalue weighted by Crippen LogP contribution is 2.37. The molecule has 0 spiro atoms. The second-order valence-corrected chi connectivity index (χ2v) is 6.39. The minimum atomic E-state index is -1.13. The molecule has 0 aliphatic rings. The molecule has 0 aliphatic heterocycles. The van der Waals surface area contributed by atoms with E-state index in [9.17, 15) is 15.0 Å². The summed E-state index contributed by atoms with van der Waals surface area (Å²) in [5, 5.41) is 24.1. The zero-order valence-electron chi connectivity index (χ0n) is 13.3. The SMILES string of the molecule is Cc1ccc(-c2csc3nc(C)nc(NC(CO)C(=O)O)c23)cc1. The molecule has 3 rings (SSSR count). The van der Waals surface area contributed by atoms with Crippen molar-refractivity contribution in [1.82, 2.24) is 9.97 Å². The molecular weight excluding hydrogens is 326 g/mol. The van der Waals surface area contributed by atoms with Gasteiger partial charge in [-0.1, -0.05) is 29.8 Å². The van der Waals surface area contributed by atoms with Crippen LogP contribution >= 0.6 is 11.3 Å². The van der Waals surface area contributed by atoms with Crippen molar-refractivity contribution >= 4 is 33.3 Å². The second-order valence-electron chi connectivity index (χ2n) is 5.53. The summed E-state index contributed by atoms with van der Waals surface area (Å²) in [7, 11) is 0. The molecule has 3 N–H and O–H groups in total. The van der Waals surface area contributed by atoms with Gasteiger partial charge in [-0.15, -0.1) is 11.3 Å². The van der Waals surface area contributed by atoms with Crippen molar-refractivity contribution in [2.75, 3.05) is 11.9 Å². The molecule has 24 heavy (non-hydrogen) atoms. The number of nitrogens with one attached hydrogen (secondary N) is 1. The van der Waals surface area contributed by atoms with Gasteiger partial charge in [-0.25, -0.2) is 14.8 Å². The Hall–Kier alpha value is -2.51. The van der Waals surface area contributed by atoms with E-state index in [1.165, 1.54) is 11.3 Å². The van der Waals surface area contributed by atoms with Gasteiger partial charge in [0.05, 0.1) is 12.0 Å². The van der Waals surface area contributed by atoms with Crippen molar-refractivity contribution < 1.29 is 15.0 Å². The standard InChI is InChI=1S/C17H17N3O3S/c1-9-3-5-11(6-4-9)12-8-24-16-14(12)15(18-10(2)19-16)20-13(7-21)17(22)23/h3-6,8,13,21H,7H2,1-2H3,(H,22,23)(H,18,19,20). The number of carboxylic acid groups (broad SMARTS) is 1. The van der Waals surface area contributed by atoms with E-state index in [1.807, 2.05) is 36.6 Å². The number of aliphatic hydroxyl groups excluding tert-OH is 1. The number of hydrogen-bond acceptors (Lipinski definition) is 6. The van der Waals surface area contributed by atoms with Gasteiger partial charge in [0.2, 0.25) is 0 Å². The quantitative estimate of drug-likeness (QED) is 0.659. The number of aromatic nitrogens is 2. The third kappa shape index (κ3) is 3.08. The monoisotopic (exact) mass is 343 g/mol. The summed E-state index contributed by atoms with van der Waals surface area (Å²) in [6.07, 6.45) is 0. The molecule has 0 aliphatic carbocycles. The molecule has 1 atom stereocenters. The highest BCUT2D eigenvalue weighted by molar-refractivity contribution is 7.17. The third-order valence-corrected chi connectivity index (χ3v) is 4.57. The predicted octanol–water partition coefficient (Wildman–Crippen LogP) is 2.83. The Morgan fingerprint density at radius 1 is 1.25 bits per heavy atom. The largest absolute Gasteiger partial charge is 0.480 e. The van der Waals surface area contributed by atoms with Crippen LogP contribution in [-0.4, -0.2) is 38.8 Å². The van der Waals surface area contributed by atoms with E-state index in [0.29, 0.717) is 11.6 Å². The molecule has 0 saturated heterocycles. The summed E-state index contributed by atoms with van der Waals surface area (Å²) in [6.45, 7) is 3.25. The summed E-state index contributed by atoms with van der Waals surface area (Å²) < 4.78 is 0. The fraction of sp³-hybridized carbons (Fsp3) is 0.235. The average molecular weight is 343 g/mol. The highest BCUT2D eigenvalue weighted by atomic mass is 32.1. The number of nitrogens with zero attached hydrogens (tertiary/aromatic N) is 2. The van der Waals surface area contributed by atoms with Crippen LogP contribution in [0, 0.1) is 13.8 Å².